The van der Waals surface area contributed by atoms with Crippen LogP contribution in [-0.2, 0) is 16.1 Å². The van der Waals surface area contributed by atoms with Gasteiger partial charge >= 0.3 is 0 Å². The van der Waals surface area contributed by atoms with Crippen LogP contribution in [0.5, 0.6) is 0 Å². The van der Waals surface area contributed by atoms with Crippen molar-refractivity contribution in [3.05, 3.63) is 11.4 Å². The van der Waals surface area contributed by atoms with Crippen molar-refractivity contribution in [2.75, 3.05) is 12.8 Å². The number of likely N-dealkylation sites (N-methyl/N-ethyl adjacent to an activating group) is 1. The van der Waals surface area contributed by atoms with Crippen LogP contribution in [0.3, 0.4) is 0 Å². The molecule has 0 bridgehead atoms. The zero-order valence-corrected chi connectivity index (χ0v) is 12.3. The van der Waals surface area contributed by atoms with Crippen LogP contribution >= 0.6 is 0 Å². The smallest absolute Gasteiger partial charge is 0.272 e. The molecule has 1 aliphatic heterocycles. The molecule has 1 aromatic heterocycles. The Kier molecular flexibility index (Phi) is 3.97. The average Bonchev–Trinajstić information content (AvgIpc) is 2.75. The molecule has 0 saturated carbocycles. The van der Waals surface area contributed by atoms with Gasteiger partial charge in [0, 0.05) is 20.0 Å². The van der Waals surface area contributed by atoms with Gasteiger partial charge in [-0.1, -0.05) is 0 Å². The number of aryl methyl sites for hydroxylation is 2. The van der Waals surface area contributed by atoms with E-state index < -0.39 is 17.9 Å². The number of amides is 3. The lowest BCUT2D eigenvalue weighted by Crippen LogP contribution is -2.53. The average molecular weight is 293 g/mol. The van der Waals surface area contributed by atoms with Crippen molar-refractivity contribution in [1.29, 1.82) is 0 Å². The van der Waals surface area contributed by atoms with E-state index in [-0.39, 0.29) is 18.0 Å². The molecule has 0 aliphatic carbocycles. The first kappa shape index (κ1) is 15.0. The number of nitrogen functional groups attached to an aromatic ring is 1. The van der Waals surface area contributed by atoms with Gasteiger partial charge in [-0.15, -0.1) is 0 Å². The van der Waals surface area contributed by atoms with Crippen molar-refractivity contribution in [3.8, 4) is 0 Å². The Hall–Kier alpha value is -2.38. The minimum atomic E-state index is -0.708. The number of imide groups is 1. The summed E-state index contributed by atoms with van der Waals surface area (Å²) < 4.78 is 1.50. The van der Waals surface area contributed by atoms with E-state index in [1.807, 2.05) is 6.92 Å². The number of likely N-dealkylation sites (tertiary alicyclic amines) is 1. The standard InChI is InChI=1S/C13H19N5O3/c1-4-18-11(10(14)7(2)16-18)12(20)15-8-5-6-9(19)17(3)13(8)21/h8H,4-6,14H2,1-3H3,(H,15,20). The molecule has 3 N–H and O–H groups in total. The fourth-order valence-electron chi connectivity index (χ4n) is 2.34. The predicted molar refractivity (Wildman–Crippen MR) is 75.3 cm³/mol. The molecule has 0 radical (unpaired) electrons. The summed E-state index contributed by atoms with van der Waals surface area (Å²) in [6.07, 6.45) is 0.529. The van der Waals surface area contributed by atoms with E-state index in [4.69, 9.17) is 5.73 Å². The van der Waals surface area contributed by atoms with Crippen molar-refractivity contribution >= 4 is 23.4 Å². The lowest BCUT2D eigenvalue weighted by molar-refractivity contribution is -0.147. The van der Waals surface area contributed by atoms with Gasteiger partial charge in [-0.2, -0.15) is 5.10 Å². The maximum absolute atomic E-state index is 12.4. The zero-order chi connectivity index (χ0) is 15.7. The maximum Gasteiger partial charge on any atom is 0.272 e. The number of nitrogens with zero attached hydrogens (tertiary/aromatic N) is 3. The van der Waals surface area contributed by atoms with E-state index in [0.29, 0.717) is 24.3 Å². The Bertz CT molecular complexity index is 607. The third kappa shape index (κ3) is 2.61. The molecule has 0 aromatic carbocycles. The lowest BCUT2D eigenvalue weighted by atomic mass is 10.0. The van der Waals surface area contributed by atoms with E-state index in [9.17, 15) is 14.4 Å². The van der Waals surface area contributed by atoms with Gasteiger partial charge in [-0.05, 0) is 20.3 Å². The van der Waals surface area contributed by atoms with Crippen LogP contribution in [0, 0.1) is 6.92 Å². The quantitative estimate of drug-likeness (QED) is 0.741. The number of aromatic nitrogens is 2. The summed E-state index contributed by atoms with van der Waals surface area (Å²) >= 11 is 0. The molecule has 21 heavy (non-hydrogen) atoms. The van der Waals surface area contributed by atoms with Gasteiger partial charge in [0.25, 0.3) is 11.8 Å². The topological polar surface area (TPSA) is 110 Å². The fraction of sp³-hybridized carbons (Fsp3) is 0.538. The Morgan fingerprint density at radius 3 is 2.76 bits per heavy atom. The SMILES string of the molecule is CCn1nc(C)c(N)c1C(=O)NC1CCC(=O)N(C)C1=O. The van der Waals surface area contributed by atoms with E-state index >= 15 is 0 Å². The molecule has 1 aromatic rings. The van der Waals surface area contributed by atoms with Crippen LogP contribution < -0.4 is 11.1 Å². The van der Waals surface area contributed by atoms with E-state index in [2.05, 4.69) is 10.4 Å². The molecule has 1 fully saturated rings. The third-order valence-electron chi connectivity index (χ3n) is 3.64. The minimum Gasteiger partial charge on any atom is -0.395 e. The molecular weight excluding hydrogens is 274 g/mol. The highest BCUT2D eigenvalue weighted by atomic mass is 16.2. The summed E-state index contributed by atoms with van der Waals surface area (Å²) in [7, 11) is 1.41. The molecule has 114 valence electrons. The van der Waals surface area contributed by atoms with Crippen molar-refractivity contribution in [3.63, 3.8) is 0 Å². The summed E-state index contributed by atoms with van der Waals surface area (Å²) in [5, 5.41) is 6.81. The van der Waals surface area contributed by atoms with Gasteiger partial charge in [0.2, 0.25) is 5.91 Å². The van der Waals surface area contributed by atoms with Crippen LogP contribution in [0.4, 0.5) is 5.69 Å². The van der Waals surface area contributed by atoms with Crippen molar-refractivity contribution < 1.29 is 14.4 Å². The van der Waals surface area contributed by atoms with Gasteiger partial charge in [0.1, 0.15) is 11.7 Å². The minimum absolute atomic E-state index is 0.231. The highest BCUT2D eigenvalue weighted by molar-refractivity contribution is 6.04. The van der Waals surface area contributed by atoms with E-state index in [1.165, 1.54) is 11.7 Å². The molecular formula is C13H19N5O3. The van der Waals surface area contributed by atoms with Crippen LogP contribution in [0.15, 0.2) is 0 Å². The number of nitrogens with one attached hydrogen (secondary N) is 1. The second-order valence-corrected chi connectivity index (χ2v) is 5.02. The summed E-state index contributed by atoms with van der Waals surface area (Å²) in [6, 6.07) is -0.708. The molecule has 1 aliphatic rings. The molecule has 3 amide bonds. The third-order valence-corrected chi connectivity index (χ3v) is 3.64. The molecule has 2 heterocycles. The summed E-state index contributed by atoms with van der Waals surface area (Å²) in [5.41, 5.74) is 7.01. The molecule has 1 unspecified atom stereocenters. The summed E-state index contributed by atoms with van der Waals surface area (Å²) in [6.45, 7) is 4.06. The highest BCUT2D eigenvalue weighted by Gasteiger charge is 2.33. The van der Waals surface area contributed by atoms with Crippen LogP contribution in [0.2, 0.25) is 0 Å². The molecule has 2 rings (SSSR count). The number of hydrogen-bond donors (Lipinski definition) is 2. The number of carbonyl (C=O) groups excluding carboxylic acids is 3. The van der Waals surface area contributed by atoms with Crippen LogP contribution in [0.25, 0.3) is 0 Å². The first-order chi connectivity index (χ1) is 9.86. The molecule has 1 saturated heterocycles. The van der Waals surface area contributed by atoms with Crippen molar-refractivity contribution in [1.82, 2.24) is 20.0 Å². The second kappa shape index (κ2) is 5.55. The first-order valence-corrected chi connectivity index (χ1v) is 6.81. The van der Waals surface area contributed by atoms with Crippen LogP contribution in [-0.4, -0.2) is 45.5 Å². The number of rotatable bonds is 3. The van der Waals surface area contributed by atoms with Gasteiger partial charge in [-0.25, -0.2) is 0 Å². The van der Waals surface area contributed by atoms with Crippen LogP contribution in [0.1, 0.15) is 35.9 Å². The van der Waals surface area contributed by atoms with Crippen molar-refractivity contribution in [2.24, 2.45) is 0 Å². The molecule has 1 atom stereocenters. The van der Waals surface area contributed by atoms with Gasteiger partial charge < -0.3 is 11.1 Å². The zero-order valence-electron chi connectivity index (χ0n) is 12.3. The fourth-order valence-corrected chi connectivity index (χ4v) is 2.34. The van der Waals surface area contributed by atoms with E-state index in [1.54, 1.807) is 6.92 Å². The largest absolute Gasteiger partial charge is 0.395 e. The molecule has 8 heteroatoms. The van der Waals surface area contributed by atoms with Gasteiger partial charge in [-0.3, -0.25) is 24.0 Å². The van der Waals surface area contributed by atoms with Gasteiger partial charge in [0.15, 0.2) is 0 Å². The Morgan fingerprint density at radius 1 is 1.48 bits per heavy atom. The number of nitrogens with two attached hydrogens (primary N) is 1. The number of carbonyl (C=O) groups is 3. The number of anilines is 1. The Labute approximate surface area is 122 Å². The normalized spacial score (nSPS) is 19.0. The predicted octanol–water partition coefficient (Wildman–Crippen LogP) is -0.329. The van der Waals surface area contributed by atoms with Crippen molar-refractivity contribution in [2.45, 2.75) is 39.3 Å². The molecule has 0 spiro atoms. The molecule has 8 nitrogen and oxygen atoms in total. The number of piperidine rings is 1. The number of hydrogen-bond acceptors (Lipinski definition) is 5. The monoisotopic (exact) mass is 293 g/mol. The summed E-state index contributed by atoms with van der Waals surface area (Å²) in [4.78, 5) is 36.8. The maximum atomic E-state index is 12.4. The Morgan fingerprint density at radius 2 is 2.14 bits per heavy atom. The van der Waals surface area contributed by atoms with Gasteiger partial charge in [0.05, 0.1) is 11.4 Å². The highest BCUT2D eigenvalue weighted by Crippen LogP contribution is 2.18. The van der Waals surface area contributed by atoms with E-state index in [0.717, 1.165) is 4.90 Å². The lowest BCUT2D eigenvalue weighted by Gasteiger charge is -2.28. The Balaban J connectivity index is 2.19. The summed E-state index contributed by atoms with van der Waals surface area (Å²) in [5.74, 6) is -1.09. The first-order valence-electron chi connectivity index (χ1n) is 6.81. The second-order valence-electron chi connectivity index (χ2n) is 5.02.